The number of benzene rings is 9. The van der Waals surface area contributed by atoms with Gasteiger partial charge >= 0.3 is 0 Å². The fourth-order valence-electron chi connectivity index (χ4n) is 8.91. The summed E-state index contributed by atoms with van der Waals surface area (Å²) in [5, 5.41) is -1.92. The van der Waals surface area contributed by atoms with Crippen LogP contribution < -0.4 is 31.1 Å². The molecule has 14 rings (SSSR count). The molecule has 0 N–H and O–H groups in total. The molecule has 6 heteroatoms. The maximum absolute atomic E-state index is 11.0. The average molecular weight is 853 g/mol. The lowest BCUT2D eigenvalue weighted by Gasteiger charge is -2.47. The molecule has 64 heavy (non-hydrogen) atoms. The minimum Gasteiger partial charge on any atom is -0.456 e. The Bertz CT molecular complexity index is 5530. The first-order valence-corrected chi connectivity index (χ1v) is 19.7. The number of hydrogen-bond acceptors (Lipinski definition) is 4. The van der Waals surface area contributed by atoms with E-state index in [1.807, 2.05) is 0 Å². The molecule has 5 nitrogen and oxygen atoms in total. The standard InChI is InChI=1S/C58H41BN4O/c1-58(2,3)36-28-31-48-46(32-36)59-45-23-15-26-50-57(45)63(49-25-14-22-44-41-20-10-12-24-47(41)62(50)56(44)49)52-34-40(60(37-16-6-4-7-17-37)38-18-8-5-9-19-38)33-51(55(52)59)61(48)39-29-30-43-42-21-11-13-27-53(42)64-54(43)35-39/h4-35H,1-3H3/i4D,5D,6D,7D,8D,9D,10D,11D,12D,13D,14D,15D,16D,17D,18D,19D,20D,21D,22D,23D,24D,25D,26D,27D,28D,29D,30D,31D,32D,33D,34D,35D. The molecular weight excluding hydrogens is 779 g/mol. The Morgan fingerprint density at radius 1 is 0.484 bits per heavy atom. The summed E-state index contributed by atoms with van der Waals surface area (Å²) in [7, 11) is 0. The number of anilines is 9. The van der Waals surface area contributed by atoms with Crippen LogP contribution in [-0.4, -0.2) is 11.3 Å². The third kappa shape index (κ3) is 4.80. The molecule has 0 saturated carbocycles. The van der Waals surface area contributed by atoms with E-state index in [2.05, 4.69) is 0 Å². The molecule has 0 unspecified atom stereocenters. The van der Waals surface area contributed by atoms with Gasteiger partial charge in [0.25, 0.3) is 6.71 Å². The lowest BCUT2D eigenvalue weighted by Crippen LogP contribution is -2.62. The molecular formula is C58H41BN4O. The zero-order chi connectivity index (χ0) is 70.3. The van der Waals surface area contributed by atoms with Crippen molar-refractivity contribution in [2.45, 2.75) is 26.2 Å². The number of para-hydroxylation sites is 6. The molecule has 0 saturated heterocycles. The highest BCUT2D eigenvalue weighted by atomic mass is 16.3. The van der Waals surface area contributed by atoms with Crippen LogP contribution in [0.3, 0.4) is 0 Å². The van der Waals surface area contributed by atoms with Crippen molar-refractivity contribution in [2.75, 3.05) is 14.7 Å². The van der Waals surface area contributed by atoms with Crippen molar-refractivity contribution < 1.29 is 48.3 Å². The molecule has 0 atom stereocenters. The second-order valence-electron chi connectivity index (χ2n) is 16.1. The third-order valence-electron chi connectivity index (χ3n) is 11.6. The predicted molar refractivity (Wildman–Crippen MR) is 269 cm³/mol. The van der Waals surface area contributed by atoms with Gasteiger partial charge in [0.15, 0.2) is 0 Å². The van der Waals surface area contributed by atoms with Crippen molar-refractivity contribution in [3.8, 4) is 5.69 Å². The lowest BCUT2D eigenvalue weighted by atomic mass is 9.33. The van der Waals surface area contributed by atoms with Crippen LogP contribution in [-0.2, 0) is 5.41 Å². The Kier molecular flexibility index (Phi) is 3.33. The van der Waals surface area contributed by atoms with Crippen molar-refractivity contribution in [3.63, 3.8) is 0 Å². The molecule has 0 fully saturated rings. The number of hydrogen-bond donors (Lipinski definition) is 0. The van der Waals surface area contributed by atoms with Crippen molar-refractivity contribution in [1.29, 1.82) is 0 Å². The normalized spacial score (nSPS) is 20.5. The molecule has 302 valence electrons. The first-order chi connectivity index (χ1) is 44.7. The van der Waals surface area contributed by atoms with Gasteiger partial charge in [0.1, 0.15) is 11.2 Å². The first-order valence-electron chi connectivity index (χ1n) is 35.7. The summed E-state index contributed by atoms with van der Waals surface area (Å²) in [6, 6.07) is -31.0. The van der Waals surface area contributed by atoms with Crippen LogP contribution in [0.2, 0.25) is 0 Å². The summed E-state index contributed by atoms with van der Waals surface area (Å²) in [6.45, 7) is 2.69. The predicted octanol–water partition coefficient (Wildman–Crippen LogP) is 13.8. The zero-order valence-electron chi connectivity index (χ0n) is 65.3. The summed E-state index contributed by atoms with van der Waals surface area (Å²) in [5.74, 6) is 0. The van der Waals surface area contributed by atoms with Crippen LogP contribution in [0.1, 0.15) is 70.2 Å². The molecule has 2 aromatic heterocycles. The molecule has 3 aliphatic heterocycles. The van der Waals surface area contributed by atoms with Crippen molar-refractivity contribution in [3.05, 3.63) is 199 Å². The van der Waals surface area contributed by atoms with Gasteiger partial charge in [-0.25, -0.2) is 0 Å². The van der Waals surface area contributed by atoms with E-state index < -0.39 is 322 Å². The topological polar surface area (TPSA) is 27.8 Å². The summed E-state index contributed by atoms with van der Waals surface area (Å²) in [4.78, 5) is 2.14. The van der Waals surface area contributed by atoms with Gasteiger partial charge < -0.3 is 23.7 Å². The van der Waals surface area contributed by atoms with E-state index in [1.165, 1.54) is 0 Å². The maximum Gasteiger partial charge on any atom is 0.252 e. The molecule has 9 aromatic carbocycles. The van der Waals surface area contributed by atoms with E-state index in [1.54, 1.807) is 20.8 Å². The van der Waals surface area contributed by atoms with Crippen LogP contribution in [0.5, 0.6) is 0 Å². The van der Waals surface area contributed by atoms with E-state index in [0.717, 1.165) is 14.4 Å². The highest BCUT2D eigenvalue weighted by molar-refractivity contribution is 7.00. The van der Waals surface area contributed by atoms with Gasteiger partial charge in [-0.15, -0.1) is 0 Å². The Balaban J connectivity index is 1.33. The van der Waals surface area contributed by atoms with Crippen LogP contribution in [0.15, 0.2) is 198 Å². The summed E-state index contributed by atoms with van der Waals surface area (Å²) < 4.78 is 312. The first kappa shape index (κ1) is 16.6. The Morgan fingerprint density at radius 3 is 1.92 bits per heavy atom. The van der Waals surface area contributed by atoms with Crippen LogP contribution in [0.4, 0.5) is 51.2 Å². The van der Waals surface area contributed by atoms with E-state index in [4.69, 9.17) is 20.9 Å². The number of aromatic nitrogens is 1. The highest BCUT2D eigenvalue weighted by Crippen LogP contribution is 2.54. The van der Waals surface area contributed by atoms with Gasteiger partial charge in [-0.2, -0.15) is 0 Å². The smallest absolute Gasteiger partial charge is 0.252 e. The molecule has 0 bridgehead atoms. The van der Waals surface area contributed by atoms with Crippen molar-refractivity contribution in [1.82, 2.24) is 4.57 Å². The quantitative estimate of drug-likeness (QED) is 0.165. The summed E-state index contributed by atoms with van der Waals surface area (Å²) >= 11 is 0. The molecule has 5 heterocycles. The highest BCUT2D eigenvalue weighted by Gasteiger charge is 2.47. The van der Waals surface area contributed by atoms with Crippen molar-refractivity contribution >= 4 is 118 Å². The maximum atomic E-state index is 11.0. The second-order valence-corrected chi connectivity index (χ2v) is 16.1. The van der Waals surface area contributed by atoms with E-state index in [-0.39, 0.29) is 5.56 Å². The van der Waals surface area contributed by atoms with E-state index >= 15 is 0 Å². The fraction of sp³-hybridized carbons (Fsp3) is 0.0690. The Morgan fingerprint density at radius 2 is 1.14 bits per heavy atom. The minimum absolute atomic E-state index is 0.200. The molecule has 11 aromatic rings. The largest absolute Gasteiger partial charge is 0.456 e. The number of rotatable bonds is 4. The fourth-order valence-corrected chi connectivity index (χ4v) is 8.91. The van der Waals surface area contributed by atoms with Crippen LogP contribution in [0, 0.1) is 0 Å². The minimum atomic E-state index is -2.05. The number of fused-ring (bicyclic) bond motifs is 12. The second kappa shape index (κ2) is 12.8. The lowest BCUT2D eigenvalue weighted by molar-refractivity contribution is 0.591. The number of furan rings is 1. The summed E-state index contributed by atoms with van der Waals surface area (Å²) in [5.41, 5.74) is -13.8. The SMILES string of the molecule is [2H]c1c([2H])c([2H])c(N(c2c([2H])c([2H])c([2H])c([2H])c2[2H])c2c([2H])c3c4c(c2[2H])N2c5c(c([2H])c([2H])c([2H])c5-n5c6c([2H])c([2H])c([2H])c([2H])c6c6c([2H])c([2H])c([2H])c2c65)B4c2c([2H])c(C(C)(C)C)c([2H])c([2H])c2N3c2c([2H])c([2H])c3c(oc4c([2H])c([2H])c([2H])c([2H])c43)c2[2H])c([2H])c1[2H]. The molecule has 0 radical (unpaired) electrons. The molecule has 0 amide bonds. The average Bonchev–Trinajstić information content (AvgIpc) is 1.08. The van der Waals surface area contributed by atoms with Gasteiger partial charge in [-0.3, -0.25) is 0 Å². The van der Waals surface area contributed by atoms with Gasteiger partial charge in [-0.1, -0.05) is 130 Å². The van der Waals surface area contributed by atoms with Crippen molar-refractivity contribution in [2.24, 2.45) is 0 Å². The molecule has 3 aliphatic rings. The summed E-state index contributed by atoms with van der Waals surface area (Å²) in [6.07, 6.45) is 0. The van der Waals surface area contributed by atoms with E-state index in [9.17, 15) is 27.4 Å². The number of nitrogens with zero attached hydrogens (tertiary/aromatic N) is 4. The third-order valence-corrected chi connectivity index (χ3v) is 11.6. The Labute approximate surface area is 416 Å². The van der Waals surface area contributed by atoms with Crippen LogP contribution >= 0.6 is 0 Å². The monoisotopic (exact) mass is 853 g/mol. The van der Waals surface area contributed by atoms with Gasteiger partial charge in [0, 0.05) is 61.7 Å². The molecule has 0 aliphatic carbocycles. The van der Waals surface area contributed by atoms with Gasteiger partial charge in [-0.05, 0) is 106 Å². The van der Waals surface area contributed by atoms with Gasteiger partial charge in [0.2, 0.25) is 0 Å². The zero-order valence-corrected chi connectivity index (χ0v) is 33.3. The van der Waals surface area contributed by atoms with Gasteiger partial charge in [0.05, 0.1) is 77.6 Å². The Hall–Kier alpha value is -7.96. The van der Waals surface area contributed by atoms with Crippen LogP contribution in [0.25, 0.3) is 49.4 Å². The molecule has 0 spiro atoms. The van der Waals surface area contributed by atoms with E-state index in [0.29, 0.717) is 4.90 Å².